The van der Waals surface area contributed by atoms with Crippen molar-refractivity contribution in [3.8, 4) is 11.1 Å². The smallest absolute Gasteiger partial charge is 0.290 e. The molecule has 1 aromatic carbocycles. The van der Waals surface area contributed by atoms with Gasteiger partial charge in [0.2, 0.25) is 5.91 Å². The van der Waals surface area contributed by atoms with Crippen molar-refractivity contribution in [2.45, 2.75) is 32.9 Å². The molecule has 0 aliphatic heterocycles. The summed E-state index contributed by atoms with van der Waals surface area (Å²) in [6.45, 7) is 4.78. The predicted octanol–water partition coefficient (Wildman–Crippen LogP) is 1.62. The highest BCUT2D eigenvalue weighted by Gasteiger charge is 2.13. The maximum Gasteiger partial charge on any atom is 0.290 e. The highest BCUT2D eigenvalue weighted by molar-refractivity contribution is 5.95. The van der Waals surface area contributed by atoms with Crippen LogP contribution in [0.15, 0.2) is 49.1 Å². The lowest BCUT2D eigenvalue weighted by Crippen LogP contribution is -2.25. The summed E-state index contributed by atoms with van der Waals surface area (Å²) in [6.07, 6.45) is 7.93. The molecule has 0 saturated carbocycles. The Hall–Kier alpha value is -3.95. The molecule has 3 rings (SSSR count). The molecule has 3 aromatic rings. The van der Waals surface area contributed by atoms with Gasteiger partial charge in [-0.1, -0.05) is 12.1 Å². The molecule has 2 amide bonds. The van der Waals surface area contributed by atoms with E-state index in [9.17, 15) is 9.59 Å². The van der Waals surface area contributed by atoms with Crippen LogP contribution in [0.4, 0.5) is 0 Å². The second kappa shape index (κ2) is 11.3. The van der Waals surface area contributed by atoms with E-state index in [1.54, 1.807) is 31.6 Å². The molecule has 0 bridgehead atoms. The molecule has 1 unspecified atom stereocenters. The molecule has 0 fully saturated rings. The lowest BCUT2D eigenvalue weighted by atomic mass is 10.1. The second-order valence-electron chi connectivity index (χ2n) is 6.75. The first kappa shape index (κ1) is 23.3. The van der Waals surface area contributed by atoms with E-state index in [2.05, 4.69) is 20.0 Å². The summed E-state index contributed by atoms with van der Waals surface area (Å²) in [4.78, 5) is 36.3. The minimum atomic E-state index is -0.528. The van der Waals surface area contributed by atoms with Crippen LogP contribution in [0.3, 0.4) is 0 Å². The van der Waals surface area contributed by atoms with E-state index in [1.807, 2.05) is 31.3 Å². The fraction of sp³-hybridized carbons (Fsp3) is 0.286. The third-order valence-electron chi connectivity index (χ3n) is 4.65. The molecule has 2 heterocycles. The van der Waals surface area contributed by atoms with E-state index in [0.717, 1.165) is 29.9 Å². The topological polar surface area (TPSA) is 145 Å². The Morgan fingerprint density at radius 1 is 1.32 bits per heavy atom. The van der Waals surface area contributed by atoms with Gasteiger partial charge in [-0.15, -0.1) is 0 Å². The molecule has 0 aliphatic rings. The van der Waals surface area contributed by atoms with Crippen LogP contribution in [-0.4, -0.2) is 49.3 Å². The number of rotatable bonds is 8. The van der Waals surface area contributed by atoms with E-state index in [0.29, 0.717) is 12.1 Å². The van der Waals surface area contributed by atoms with Gasteiger partial charge in [0.25, 0.3) is 12.4 Å². The van der Waals surface area contributed by atoms with Crippen LogP contribution in [0.2, 0.25) is 0 Å². The van der Waals surface area contributed by atoms with Crippen LogP contribution in [0, 0.1) is 6.92 Å². The zero-order valence-corrected chi connectivity index (χ0v) is 17.4. The number of nitrogens with two attached hydrogens (primary N) is 1. The third kappa shape index (κ3) is 6.53. The minimum absolute atomic E-state index is 0.123. The van der Waals surface area contributed by atoms with Crippen LogP contribution in [0.25, 0.3) is 11.1 Å². The first-order valence-electron chi connectivity index (χ1n) is 9.65. The molecule has 10 nitrogen and oxygen atoms in total. The number of hydrogen-bond acceptors (Lipinski definition) is 5. The summed E-state index contributed by atoms with van der Waals surface area (Å²) in [5.74, 6) is 0.390. The Balaban J connectivity index is 0.00000107. The molecule has 4 N–H and O–H groups in total. The van der Waals surface area contributed by atoms with Crippen LogP contribution in [0.1, 0.15) is 35.6 Å². The summed E-state index contributed by atoms with van der Waals surface area (Å²) in [5.41, 5.74) is 7.56. The molecule has 31 heavy (non-hydrogen) atoms. The Morgan fingerprint density at radius 2 is 2.06 bits per heavy atom. The number of nitrogens with one attached hydrogen (secondary N) is 1. The highest BCUT2D eigenvalue weighted by atomic mass is 16.3. The quantitative estimate of drug-likeness (QED) is 0.369. The largest absolute Gasteiger partial charge is 0.483 e. The molecule has 0 spiro atoms. The summed E-state index contributed by atoms with van der Waals surface area (Å²) in [6, 6.07) is 6.78. The number of benzene rings is 1. The highest BCUT2D eigenvalue weighted by Crippen LogP contribution is 2.21. The first-order chi connectivity index (χ1) is 14.9. The number of aryl methyl sites for hydroxylation is 2. The number of primary amides is 1. The lowest BCUT2D eigenvalue weighted by molar-refractivity contribution is -0.123. The summed E-state index contributed by atoms with van der Waals surface area (Å²) in [7, 11) is 0. The number of aromatic nitrogens is 4. The van der Waals surface area contributed by atoms with Crippen LogP contribution >= 0.6 is 0 Å². The summed E-state index contributed by atoms with van der Waals surface area (Å²) < 4.78 is 3.57. The number of carbonyl (C=O) groups excluding carboxylic acids is 2. The van der Waals surface area contributed by atoms with E-state index < -0.39 is 11.9 Å². The van der Waals surface area contributed by atoms with Gasteiger partial charge in [0.15, 0.2) is 0 Å². The zero-order valence-electron chi connectivity index (χ0n) is 17.4. The van der Waals surface area contributed by atoms with E-state index >= 15 is 0 Å². The van der Waals surface area contributed by atoms with E-state index in [-0.39, 0.29) is 12.4 Å². The van der Waals surface area contributed by atoms with Gasteiger partial charge in [-0.2, -0.15) is 5.10 Å². The Labute approximate surface area is 179 Å². The van der Waals surface area contributed by atoms with Crippen molar-refractivity contribution in [3.63, 3.8) is 0 Å². The summed E-state index contributed by atoms with van der Waals surface area (Å²) in [5, 5.41) is 14.0. The SMILES string of the molecule is Cc1nccn1CCCNC(=O)c1cccc(-c2cnn(C(C)C(N)=O)c2)c1.O=CO. The van der Waals surface area contributed by atoms with Gasteiger partial charge in [-0.05, 0) is 38.0 Å². The number of carboxylic acid groups (broad SMARTS) is 1. The van der Waals surface area contributed by atoms with Gasteiger partial charge in [0.1, 0.15) is 11.9 Å². The van der Waals surface area contributed by atoms with Gasteiger partial charge in [0, 0.05) is 42.8 Å². The molecule has 0 radical (unpaired) electrons. The average Bonchev–Trinajstić information content (AvgIpc) is 3.40. The third-order valence-corrected chi connectivity index (χ3v) is 4.65. The van der Waals surface area contributed by atoms with Gasteiger partial charge in [-0.3, -0.25) is 19.1 Å². The maximum atomic E-state index is 12.4. The van der Waals surface area contributed by atoms with Crippen molar-refractivity contribution in [2.24, 2.45) is 5.73 Å². The molecule has 0 aliphatic carbocycles. The first-order valence-corrected chi connectivity index (χ1v) is 9.65. The Bertz CT molecular complexity index is 1030. The minimum Gasteiger partial charge on any atom is -0.483 e. The van der Waals surface area contributed by atoms with Crippen LogP contribution in [-0.2, 0) is 16.1 Å². The predicted molar refractivity (Wildman–Crippen MR) is 114 cm³/mol. The fourth-order valence-electron chi connectivity index (χ4n) is 2.86. The number of carbonyl (C=O) groups is 3. The fourth-order valence-corrected chi connectivity index (χ4v) is 2.86. The summed E-state index contributed by atoms with van der Waals surface area (Å²) >= 11 is 0. The van der Waals surface area contributed by atoms with Gasteiger partial charge >= 0.3 is 0 Å². The molecular weight excluding hydrogens is 400 g/mol. The lowest BCUT2D eigenvalue weighted by Gasteiger charge is -2.08. The standard InChI is InChI=1S/C20H24N6O2.CH2O2/c1-14(19(21)27)26-13-18(12-24-26)16-5-3-6-17(11-16)20(28)23-7-4-9-25-10-8-22-15(25)2;2-1-3/h3,5-6,8,10-14H,4,7,9H2,1-2H3,(H2,21,27)(H,23,28);1H,(H,2,3). The van der Waals surface area contributed by atoms with Crippen molar-refractivity contribution in [3.05, 3.63) is 60.4 Å². The van der Waals surface area contributed by atoms with Crippen LogP contribution in [0.5, 0.6) is 0 Å². The molecule has 10 heteroatoms. The number of nitrogens with zero attached hydrogens (tertiary/aromatic N) is 4. The second-order valence-corrected chi connectivity index (χ2v) is 6.75. The normalized spacial score (nSPS) is 11.2. The molecular formula is C21H26N6O4. The average molecular weight is 426 g/mol. The molecule has 164 valence electrons. The number of amides is 2. The number of imidazole rings is 1. The van der Waals surface area contributed by atoms with Gasteiger partial charge in [-0.25, -0.2) is 4.98 Å². The molecule has 1 atom stereocenters. The van der Waals surface area contributed by atoms with Crippen molar-refractivity contribution >= 4 is 18.3 Å². The van der Waals surface area contributed by atoms with Crippen LogP contribution < -0.4 is 11.1 Å². The Morgan fingerprint density at radius 3 is 2.71 bits per heavy atom. The van der Waals surface area contributed by atoms with Crippen molar-refractivity contribution in [1.82, 2.24) is 24.6 Å². The Kier molecular flexibility index (Phi) is 8.50. The van der Waals surface area contributed by atoms with Crippen molar-refractivity contribution in [2.75, 3.05) is 6.54 Å². The van der Waals surface area contributed by atoms with E-state index in [4.69, 9.17) is 15.6 Å². The van der Waals surface area contributed by atoms with E-state index in [1.165, 1.54) is 4.68 Å². The van der Waals surface area contributed by atoms with Crippen molar-refractivity contribution < 1.29 is 19.5 Å². The zero-order chi connectivity index (χ0) is 22.8. The maximum absolute atomic E-state index is 12.4. The van der Waals surface area contributed by atoms with Gasteiger partial charge in [0.05, 0.1) is 6.20 Å². The number of hydrogen-bond donors (Lipinski definition) is 3. The monoisotopic (exact) mass is 426 g/mol. The molecule has 0 saturated heterocycles. The van der Waals surface area contributed by atoms with Gasteiger partial charge < -0.3 is 20.7 Å². The molecule has 2 aromatic heterocycles. The van der Waals surface area contributed by atoms with Crippen molar-refractivity contribution in [1.29, 1.82) is 0 Å².